The fourth-order valence-corrected chi connectivity index (χ4v) is 2.70. The molecular weight excluding hydrogens is 274 g/mol. The lowest BCUT2D eigenvalue weighted by Crippen LogP contribution is -2.39. The van der Waals surface area contributed by atoms with Gasteiger partial charge in [-0.3, -0.25) is 10.1 Å². The van der Waals surface area contributed by atoms with Gasteiger partial charge in [0.15, 0.2) is 0 Å². The lowest BCUT2D eigenvalue weighted by molar-refractivity contribution is -0.119. The van der Waals surface area contributed by atoms with Crippen molar-refractivity contribution in [1.82, 2.24) is 10.6 Å². The summed E-state index contributed by atoms with van der Waals surface area (Å²) in [4.78, 5) is 23.3. The van der Waals surface area contributed by atoms with E-state index in [2.05, 4.69) is 24.5 Å². The van der Waals surface area contributed by atoms with Gasteiger partial charge in [0.2, 0.25) is 5.91 Å². The molecule has 2 unspecified atom stereocenters. The van der Waals surface area contributed by atoms with Crippen LogP contribution in [0.4, 0.5) is 4.79 Å². The number of rotatable bonds is 6. The minimum absolute atomic E-state index is 0.260. The zero-order valence-corrected chi connectivity index (χ0v) is 12.8. The number of nitrogens with one attached hydrogen (secondary N) is 2. The molecule has 6 heteroatoms. The molecular formula is C14H21N3O2S. The Morgan fingerprint density at radius 3 is 2.65 bits per heavy atom. The van der Waals surface area contributed by atoms with E-state index in [1.807, 2.05) is 24.3 Å². The van der Waals surface area contributed by atoms with Crippen molar-refractivity contribution in [3.05, 3.63) is 29.8 Å². The SMILES string of the molecule is CCNC(C)c1cccc(SC(C)C(=O)NC(N)=O)c1. The van der Waals surface area contributed by atoms with Crippen LogP contribution in [0.2, 0.25) is 0 Å². The van der Waals surface area contributed by atoms with Gasteiger partial charge in [0.1, 0.15) is 0 Å². The maximum absolute atomic E-state index is 11.6. The molecule has 2 atom stereocenters. The van der Waals surface area contributed by atoms with E-state index in [9.17, 15) is 9.59 Å². The van der Waals surface area contributed by atoms with Crippen molar-refractivity contribution < 1.29 is 9.59 Å². The third-order valence-corrected chi connectivity index (χ3v) is 3.89. The van der Waals surface area contributed by atoms with Crippen LogP contribution in [0.1, 0.15) is 32.4 Å². The number of hydrogen-bond donors (Lipinski definition) is 3. The van der Waals surface area contributed by atoms with Crippen LogP contribution >= 0.6 is 11.8 Å². The highest BCUT2D eigenvalue weighted by Crippen LogP contribution is 2.26. The quantitative estimate of drug-likeness (QED) is 0.701. The Morgan fingerprint density at radius 2 is 2.05 bits per heavy atom. The Labute approximate surface area is 123 Å². The highest BCUT2D eigenvalue weighted by Gasteiger charge is 2.16. The first-order valence-corrected chi connectivity index (χ1v) is 7.42. The maximum atomic E-state index is 11.6. The third-order valence-electron chi connectivity index (χ3n) is 2.80. The molecule has 0 aliphatic heterocycles. The number of nitrogens with two attached hydrogens (primary N) is 1. The number of benzene rings is 1. The van der Waals surface area contributed by atoms with Crippen LogP contribution in [0.5, 0.6) is 0 Å². The fraction of sp³-hybridized carbons (Fsp3) is 0.429. The zero-order chi connectivity index (χ0) is 15.1. The lowest BCUT2D eigenvalue weighted by atomic mass is 10.1. The van der Waals surface area contributed by atoms with Gasteiger partial charge in [-0.15, -0.1) is 11.8 Å². The summed E-state index contributed by atoms with van der Waals surface area (Å²) >= 11 is 1.40. The number of hydrogen-bond acceptors (Lipinski definition) is 4. The van der Waals surface area contributed by atoms with Crippen LogP contribution in [0.3, 0.4) is 0 Å². The average Bonchev–Trinajstić information content (AvgIpc) is 2.38. The molecule has 20 heavy (non-hydrogen) atoms. The van der Waals surface area contributed by atoms with Gasteiger partial charge in [-0.25, -0.2) is 4.79 Å². The summed E-state index contributed by atoms with van der Waals surface area (Å²) in [6.07, 6.45) is 0. The van der Waals surface area contributed by atoms with E-state index in [1.165, 1.54) is 17.3 Å². The predicted molar refractivity (Wildman–Crippen MR) is 81.6 cm³/mol. The number of carbonyl (C=O) groups is 2. The summed E-state index contributed by atoms with van der Waals surface area (Å²) in [5.41, 5.74) is 6.10. The third kappa shape index (κ3) is 5.22. The van der Waals surface area contributed by atoms with E-state index in [0.29, 0.717) is 0 Å². The highest BCUT2D eigenvalue weighted by molar-refractivity contribution is 8.00. The molecule has 0 spiro atoms. The zero-order valence-electron chi connectivity index (χ0n) is 12.0. The maximum Gasteiger partial charge on any atom is 0.318 e. The van der Waals surface area contributed by atoms with Gasteiger partial charge in [0.05, 0.1) is 5.25 Å². The fourth-order valence-electron chi connectivity index (χ4n) is 1.76. The smallest absolute Gasteiger partial charge is 0.318 e. The second-order valence-corrected chi connectivity index (χ2v) is 5.88. The monoisotopic (exact) mass is 295 g/mol. The van der Waals surface area contributed by atoms with Crippen LogP contribution in [-0.4, -0.2) is 23.7 Å². The van der Waals surface area contributed by atoms with Gasteiger partial charge < -0.3 is 11.1 Å². The number of urea groups is 1. The van der Waals surface area contributed by atoms with Gasteiger partial charge in [0.25, 0.3) is 0 Å². The minimum Gasteiger partial charge on any atom is -0.351 e. The van der Waals surface area contributed by atoms with E-state index >= 15 is 0 Å². The summed E-state index contributed by atoms with van der Waals surface area (Å²) in [5, 5.41) is 5.05. The molecule has 4 N–H and O–H groups in total. The average molecular weight is 295 g/mol. The molecule has 0 aliphatic carbocycles. The first kappa shape index (κ1) is 16.5. The Kier molecular flexibility index (Phi) is 6.54. The summed E-state index contributed by atoms with van der Waals surface area (Å²) in [6.45, 7) is 6.79. The first-order valence-electron chi connectivity index (χ1n) is 6.54. The molecule has 0 aromatic heterocycles. The number of amides is 3. The van der Waals surface area contributed by atoms with Crippen LogP contribution in [0.25, 0.3) is 0 Å². The van der Waals surface area contributed by atoms with Crippen molar-refractivity contribution in [3.8, 4) is 0 Å². The van der Waals surface area contributed by atoms with Crippen LogP contribution in [0, 0.1) is 0 Å². The van der Waals surface area contributed by atoms with Gasteiger partial charge in [0, 0.05) is 10.9 Å². The van der Waals surface area contributed by atoms with Crippen molar-refractivity contribution in [2.75, 3.05) is 6.54 Å². The molecule has 0 aliphatic rings. The molecule has 1 rings (SSSR count). The van der Waals surface area contributed by atoms with Crippen molar-refractivity contribution in [1.29, 1.82) is 0 Å². The molecule has 0 fully saturated rings. The molecule has 0 saturated heterocycles. The van der Waals surface area contributed by atoms with E-state index < -0.39 is 6.03 Å². The topological polar surface area (TPSA) is 84.2 Å². The summed E-state index contributed by atoms with van der Waals surface area (Å²) in [7, 11) is 0. The molecule has 0 bridgehead atoms. The Bertz CT molecular complexity index is 479. The Balaban J connectivity index is 2.70. The van der Waals surface area contributed by atoms with E-state index in [0.717, 1.165) is 11.4 Å². The van der Waals surface area contributed by atoms with Crippen molar-refractivity contribution in [2.45, 2.75) is 37.0 Å². The largest absolute Gasteiger partial charge is 0.351 e. The molecule has 110 valence electrons. The van der Waals surface area contributed by atoms with E-state index in [1.54, 1.807) is 6.92 Å². The van der Waals surface area contributed by atoms with E-state index in [4.69, 9.17) is 5.73 Å². The molecule has 1 aromatic rings. The summed E-state index contributed by atoms with van der Waals surface area (Å²) in [5.74, 6) is -0.382. The second-order valence-electron chi connectivity index (χ2n) is 4.47. The lowest BCUT2D eigenvalue weighted by Gasteiger charge is -2.15. The van der Waals surface area contributed by atoms with Gasteiger partial charge in [-0.2, -0.15) is 0 Å². The first-order chi connectivity index (χ1) is 9.43. The molecule has 5 nitrogen and oxygen atoms in total. The number of carbonyl (C=O) groups excluding carboxylic acids is 2. The minimum atomic E-state index is -0.822. The standard InChI is InChI=1S/C14H21N3O2S/c1-4-16-9(2)11-6-5-7-12(8-11)20-10(3)13(18)17-14(15)19/h5-10,16H,4H2,1-3H3,(H3,15,17,18,19). The summed E-state index contributed by atoms with van der Waals surface area (Å²) < 4.78 is 0. The molecule has 0 saturated carbocycles. The van der Waals surface area contributed by atoms with Gasteiger partial charge >= 0.3 is 6.03 Å². The van der Waals surface area contributed by atoms with Crippen LogP contribution in [-0.2, 0) is 4.79 Å². The van der Waals surface area contributed by atoms with Crippen molar-refractivity contribution in [2.24, 2.45) is 5.73 Å². The van der Waals surface area contributed by atoms with Gasteiger partial charge in [-0.1, -0.05) is 19.1 Å². The van der Waals surface area contributed by atoms with Crippen molar-refractivity contribution in [3.63, 3.8) is 0 Å². The normalized spacial score (nSPS) is 13.6. The van der Waals surface area contributed by atoms with Crippen LogP contribution < -0.4 is 16.4 Å². The van der Waals surface area contributed by atoms with Crippen LogP contribution in [0.15, 0.2) is 29.2 Å². The van der Waals surface area contributed by atoms with Gasteiger partial charge in [-0.05, 0) is 38.1 Å². The van der Waals surface area contributed by atoms with E-state index in [-0.39, 0.29) is 17.2 Å². The Hall–Kier alpha value is -1.53. The second kappa shape index (κ2) is 7.91. The summed E-state index contributed by atoms with van der Waals surface area (Å²) in [6, 6.07) is 7.44. The Morgan fingerprint density at radius 1 is 1.35 bits per heavy atom. The molecule has 3 amide bonds. The number of imide groups is 1. The number of primary amides is 1. The molecule has 0 radical (unpaired) electrons. The number of thioether (sulfide) groups is 1. The van der Waals surface area contributed by atoms with Crippen molar-refractivity contribution >= 4 is 23.7 Å². The predicted octanol–water partition coefficient (Wildman–Crippen LogP) is 2.03. The molecule has 1 aromatic carbocycles. The molecule has 0 heterocycles. The highest BCUT2D eigenvalue weighted by atomic mass is 32.2.